The van der Waals surface area contributed by atoms with Gasteiger partial charge in [0.05, 0.1) is 5.69 Å². The van der Waals surface area contributed by atoms with E-state index in [1.807, 2.05) is 0 Å². The third kappa shape index (κ3) is 3.10. The molecule has 0 atom stereocenters. The minimum Gasteiger partial charge on any atom is -0.263 e. The molecule has 7 heteroatoms. The molecule has 0 unspecified atom stereocenters. The van der Waals surface area contributed by atoms with Crippen molar-refractivity contribution in [2.24, 2.45) is 0 Å². The highest BCUT2D eigenvalue weighted by atomic mass is 79.9. The highest BCUT2D eigenvalue weighted by Crippen LogP contribution is 2.20. The van der Waals surface area contributed by atoms with Gasteiger partial charge in [-0.2, -0.15) is 0 Å². The number of benzene rings is 1. The van der Waals surface area contributed by atoms with Crippen LogP contribution in [0, 0.1) is 12.7 Å². The second kappa shape index (κ2) is 5.26. The van der Waals surface area contributed by atoms with Crippen molar-refractivity contribution < 1.29 is 12.8 Å². The van der Waals surface area contributed by atoms with Crippen molar-refractivity contribution in [2.75, 3.05) is 4.72 Å². The minimum absolute atomic E-state index is 0.143. The van der Waals surface area contributed by atoms with E-state index in [1.165, 1.54) is 24.3 Å². The smallest absolute Gasteiger partial charge is 0.263 e. The second-order valence-corrected chi connectivity index (χ2v) is 6.30. The Balaban J connectivity index is 2.37. The summed E-state index contributed by atoms with van der Waals surface area (Å²) in [7, 11) is -3.98. The monoisotopic (exact) mass is 344 g/mol. The van der Waals surface area contributed by atoms with Gasteiger partial charge in [-0.05, 0) is 47.1 Å². The third-order valence-electron chi connectivity index (χ3n) is 2.39. The maximum absolute atomic E-state index is 13.5. The van der Waals surface area contributed by atoms with Crippen molar-refractivity contribution in [1.29, 1.82) is 0 Å². The first-order valence-corrected chi connectivity index (χ1v) is 7.58. The normalized spacial score (nSPS) is 11.3. The van der Waals surface area contributed by atoms with Crippen molar-refractivity contribution in [3.63, 3.8) is 0 Å². The average Bonchev–Trinajstić information content (AvgIpc) is 2.34. The highest BCUT2D eigenvalue weighted by molar-refractivity contribution is 9.10. The molecule has 1 N–H and O–H groups in total. The maximum Gasteiger partial charge on any atom is 0.265 e. The molecule has 0 fully saturated rings. The standard InChI is InChI=1S/C12H10BrFN2O2S/c1-8-9(13)6-7-12(15-8)16-19(17,18)11-5-3-2-4-10(11)14/h2-7H,1H3,(H,15,16). The third-order valence-corrected chi connectivity index (χ3v) is 4.61. The minimum atomic E-state index is -3.98. The highest BCUT2D eigenvalue weighted by Gasteiger charge is 2.19. The lowest BCUT2D eigenvalue weighted by atomic mass is 10.3. The van der Waals surface area contributed by atoms with Crippen LogP contribution in [0.1, 0.15) is 5.69 Å². The fourth-order valence-corrected chi connectivity index (χ4v) is 2.76. The Morgan fingerprint density at radius 3 is 2.53 bits per heavy atom. The number of nitrogens with zero attached hydrogens (tertiary/aromatic N) is 1. The zero-order valence-corrected chi connectivity index (χ0v) is 12.3. The number of aromatic nitrogens is 1. The van der Waals surface area contributed by atoms with Crippen LogP contribution in [-0.2, 0) is 10.0 Å². The first kappa shape index (κ1) is 14.0. The molecule has 1 aromatic heterocycles. The topological polar surface area (TPSA) is 59.1 Å². The predicted octanol–water partition coefficient (Wildman–Crippen LogP) is 3.09. The fourth-order valence-electron chi connectivity index (χ4n) is 1.46. The van der Waals surface area contributed by atoms with Gasteiger partial charge in [-0.25, -0.2) is 17.8 Å². The van der Waals surface area contributed by atoms with Gasteiger partial charge in [0, 0.05) is 4.47 Å². The second-order valence-electron chi connectivity index (χ2n) is 3.80. The SMILES string of the molecule is Cc1nc(NS(=O)(=O)c2ccccc2F)ccc1Br. The summed E-state index contributed by atoms with van der Waals surface area (Å²) in [6, 6.07) is 8.34. The Bertz CT molecular complexity index is 719. The van der Waals surface area contributed by atoms with Gasteiger partial charge in [0.25, 0.3) is 10.0 Å². The number of hydrogen-bond acceptors (Lipinski definition) is 3. The molecule has 0 amide bonds. The van der Waals surface area contributed by atoms with Crippen molar-refractivity contribution in [2.45, 2.75) is 11.8 Å². The van der Waals surface area contributed by atoms with Crippen LogP contribution in [0.25, 0.3) is 0 Å². The first-order valence-electron chi connectivity index (χ1n) is 5.30. The summed E-state index contributed by atoms with van der Waals surface area (Å²) in [5.41, 5.74) is 0.633. The van der Waals surface area contributed by atoms with Crippen molar-refractivity contribution >= 4 is 31.8 Å². The molecule has 0 radical (unpaired) electrons. The van der Waals surface area contributed by atoms with E-state index in [2.05, 4.69) is 25.6 Å². The number of rotatable bonds is 3. The summed E-state index contributed by atoms with van der Waals surface area (Å²) in [5, 5.41) is 0. The number of halogens is 2. The van der Waals surface area contributed by atoms with Gasteiger partial charge in [-0.3, -0.25) is 4.72 Å². The van der Waals surface area contributed by atoms with Gasteiger partial charge in [-0.1, -0.05) is 12.1 Å². The molecule has 0 aliphatic heterocycles. The Morgan fingerprint density at radius 1 is 1.21 bits per heavy atom. The van der Waals surface area contributed by atoms with Crippen molar-refractivity contribution in [3.05, 3.63) is 52.4 Å². The zero-order valence-electron chi connectivity index (χ0n) is 9.89. The van der Waals surface area contributed by atoms with E-state index in [0.29, 0.717) is 5.69 Å². The Labute approximate surface area is 118 Å². The van der Waals surface area contributed by atoms with Crippen molar-refractivity contribution in [3.8, 4) is 0 Å². The number of aryl methyl sites for hydroxylation is 1. The van der Waals surface area contributed by atoms with Gasteiger partial charge in [0.2, 0.25) is 0 Å². The largest absolute Gasteiger partial charge is 0.265 e. The molecule has 0 aliphatic rings. The van der Waals surface area contributed by atoms with Crippen LogP contribution in [0.5, 0.6) is 0 Å². The number of anilines is 1. The zero-order chi connectivity index (χ0) is 14.0. The summed E-state index contributed by atoms with van der Waals surface area (Å²) in [4.78, 5) is 3.65. The summed E-state index contributed by atoms with van der Waals surface area (Å²) >= 11 is 3.27. The molecule has 0 aliphatic carbocycles. The molecule has 0 spiro atoms. The molecule has 1 aromatic carbocycles. The summed E-state index contributed by atoms with van der Waals surface area (Å²) < 4.78 is 40.5. The molecular formula is C12H10BrFN2O2S. The molecular weight excluding hydrogens is 335 g/mol. The van der Waals surface area contributed by atoms with Crippen LogP contribution < -0.4 is 4.72 Å². The van der Waals surface area contributed by atoms with Gasteiger partial charge < -0.3 is 0 Å². The van der Waals surface area contributed by atoms with Crippen LogP contribution in [0.15, 0.2) is 45.8 Å². The van der Waals surface area contributed by atoms with Gasteiger partial charge >= 0.3 is 0 Å². The number of pyridine rings is 1. The molecule has 100 valence electrons. The summed E-state index contributed by atoms with van der Waals surface area (Å²) in [6.07, 6.45) is 0. The first-order chi connectivity index (χ1) is 8.90. The van der Waals surface area contributed by atoms with Crippen LogP contribution in [0.4, 0.5) is 10.2 Å². The van der Waals surface area contributed by atoms with Crippen LogP contribution in [0.2, 0.25) is 0 Å². The average molecular weight is 345 g/mol. The van der Waals surface area contributed by atoms with E-state index < -0.39 is 20.7 Å². The van der Waals surface area contributed by atoms with Crippen molar-refractivity contribution in [1.82, 2.24) is 4.98 Å². The van der Waals surface area contributed by atoms with E-state index in [1.54, 1.807) is 13.0 Å². The lowest BCUT2D eigenvalue weighted by Crippen LogP contribution is -2.15. The van der Waals surface area contributed by atoms with Gasteiger partial charge in [0.15, 0.2) is 0 Å². The van der Waals surface area contributed by atoms with Crippen LogP contribution in [-0.4, -0.2) is 13.4 Å². The molecule has 19 heavy (non-hydrogen) atoms. The molecule has 2 aromatic rings. The van der Waals surface area contributed by atoms with Crippen LogP contribution in [0.3, 0.4) is 0 Å². The molecule has 2 rings (SSSR count). The summed E-state index contributed by atoms with van der Waals surface area (Å²) in [5.74, 6) is -0.659. The van der Waals surface area contributed by atoms with E-state index in [4.69, 9.17) is 0 Å². The Morgan fingerprint density at radius 2 is 1.89 bits per heavy atom. The predicted molar refractivity (Wildman–Crippen MR) is 73.9 cm³/mol. The van der Waals surface area contributed by atoms with E-state index in [9.17, 15) is 12.8 Å². The van der Waals surface area contributed by atoms with Crippen LogP contribution >= 0.6 is 15.9 Å². The quantitative estimate of drug-likeness (QED) is 0.930. The Kier molecular flexibility index (Phi) is 3.86. The maximum atomic E-state index is 13.5. The molecule has 0 saturated heterocycles. The lowest BCUT2D eigenvalue weighted by Gasteiger charge is -2.09. The van der Waals surface area contributed by atoms with Gasteiger partial charge in [0.1, 0.15) is 16.5 Å². The molecule has 0 saturated carbocycles. The Hall–Kier alpha value is -1.47. The molecule has 0 bridgehead atoms. The number of sulfonamides is 1. The number of nitrogens with one attached hydrogen (secondary N) is 1. The molecule has 4 nitrogen and oxygen atoms in total. The van der Waals surface area contributed by atoms with E-state index >= 15 is 0 Å². The van der Waals surface area contributed by atoms with Gasteiger partial charge in [-0.15, -0.1) is 0 Å². The van der Waals surface area contributed by atoms with E-state index in [-0.39, 0.29) is 5.82 Å². The lowest BCUT2D eigenvalue weighted by molar-refractivity contribution is 0.570. The molecule has 1 heterocycles. The number of hydrogen-bond donors (Lipinski definition) is 1. The fraction of sp³-hybridized carbons (Fsp3) is 0.0833. The summed E-state index contributed by atoms with van der Waals surface area (Å²) in [6.45, 7) is 1.73. The van der Waals surface area contributed by atoms with E-state index in [0.717, 1.165) is 10.5 Å².